The van der Waals surface area contributed by atoms with Crippen molar-refractivity contribution in [2.24, 2.45) is 0 Å². The monoisotopic (exact) mass is 342 g/mol. The molecule has 5 heteroatoms. The zero-order valence-corrected chi connectivity index (χ0v) is 14.7. The summed E-state index contributed by atoms with van der Waals surface area (Å²) in [4.78, 5) is 12.4. The summed E-state index contributed by atoms with van der Waals surface area (Å²) in [6, 6.07) is 16.9. The van der Waals surface area contributed by atoms with Crippen molar-refractivity contribution in [3.63, 3.8) is 0 Å². The highest BCUT2D eigenvalue weighted by Crippen LogP contribution is 2.24. The maximum absolute atomic E-state index is 12.4. The smallest absolute Gasteiger partial charge is 0.315 e. The fraction of sp³-hybridized carbons (Fsp3) is 0.350. The van der Waals surface area contributed by atoms with Gasteiger partial charge < -0.3 is 20.5 Å². The molecule has 2 aromatic rings. The van der Waals surface area contributed by atoms with E-state index in [1.54, 1.807) is 7.11 Å². The molecule has 3 N–H and O–H groups in total. The summed E-state index contributed by atoms with van der Waals surface area (Å²) in [7, 11) is 1.63. The van der Waals surface area contributed by atoms with Gasteiger partial charge >= 0.3 is 6.03 Å². The number of carbonyl (C=O) groups is 1. The van der Waals surface area contributed by atoms with E-state index in [2.05, 4.69) is 10.6 Å². The summed E-state index contributed by atoms with van der Waals surface area (Å²) < 4.78 is 5.21. The molecule has 0 radical (unpaired) electrons. The first-order valence-electron chi connectivity index (χ1n) is 8.54. The number of rotatable bonds is 8. The van der Waals surface area contributed by atoms with Crippen molar-refractivity contribution in [1.29, 1.82) is 0 Å². The molecule has 0 aromatic heterocycles. The third-order valence-corrected chi connectivity index (χ3v) is 4.16. The molecule has 0 fully saturated rings. The Balaban J connectivity index is 2.18. The Labute approximate surface area is 149 Å². The standard InChI is InChI=1S/C20H26N2O3/c1-3-17(13-14-23)21-20(24)22-19(15-7-5-4-6-8-15)16-9-11-18(25-2)12-10-16/h4-12,17,19,23H,3,13-14H2,1-2H3,(H2,21,22,24). The van der Waals surface area contributed by atoms with Crippen LogP contribution in [0.2, 0.25) is 0 Å². The highest BCUT2D eigenvalue weighted by Gasteiger charge is 2.18. The Kier molecular flexibility index (Phi) is 7.29. The van der Waals surface area contributed by atoms with Crippen LogP contribution in [0.5, 0.6) is 5.75 Å². The Hall–Kier alpha value is -2.53. The lowest BCUT2D eigenvalue weighted by atomic mass is 9.98. The number of hydrogen-bond donors (Lipinski definition) is 3. The molecule has 2 unspecified atom stereocenters. The quantitative estimate of drug-likeness (QED) is 0.690. The minimum absolute atomic E-state index is 0.0442. The summed E-state index contributed by atoms with van der Waals surface area (Å²) in [6.07, 6.45) is 1.31. The predicted molar refractivity (Wildman–Crippen MR) is 98.7 cm³/mol. The lowest BCUT2D eigenvalue weighted by Gasteiger charge is -2.23. The zero-order chi connectivity index (χ0) is 18.1. The van der Waals surface area contributed by atoms with Gasteiger partial charge in [0.25, 0.3) is 0 Å². The number of ether oxygens (including phenoxy) is 1. The van der Waals surface area contributed by atoms with Crippen molar-refractivity contribution >= 4 is 6.03 Å². The molecule has 0 bridgehead atoms. The Morgan fingerprint density at radius 3 is 2.24 bits per heavy atom. The van der Waals surface area contributed by atoms with Gasteiger partial charge in [-0.3, -0.25) is 0 Å². The second kappa shape index (κ2) is 9.69. The van der Waals surface area contributed by atoms with E-state index in [9.17, 15) is 4.79 Å². The largest absolute Gasteiger partial charge is 0.497 e. The number of hydrogen-bond acceptors (Lipinski definition) is 3. The number of nitrogens with one attached hydrogen (secondary N) is 2. The molecular formula is C20H26N2O3. The molecule has 0 saturated carbocycles. The SMILES string of the molecule is CCC(CCO)NC(=O)NC(c1ccccc1)c1ccc(OC)cc1. The van der Waals surface area contributed by atoms with E-state index >= 15 is 0 Å². The van der Waals surface area contributed by atoms with Gasteiger partial charge in [0, 0.05) is 12.6 Å². The van der Waals surface area contributed by atoms with Gasteiger partial charge in [-0.2, -0.15) is 0 Å². The van der Waals surface area contributed by atoms with Crippen LogP contribution >= 0.6 is 0 Å². The fourth-order valence-electron chi connectivity index (χ4n) is 2.69. The minimum Gasteiger partial charge on any atom is -0.497 e. The van der Waals surface area contributed by atoms with Gasteiger partial charge in [-0.1, -0.05) is 49.4 Å². The number of urea groups is 1. The normalized spacial score (nSPS) is 12.9. The fourth-order valence-corrected chi connectivity index (χ4v) is 2.69. The Morgan fingerprint density at radius 1 is 1.04 bits per heavy atom. The van der Waals surface area contributed by atoms with Crippen molar-refractivity contribution in [3.8, 4) is 5.75 Å². The van der Waals surface area contributed by atoms with Gasteiger partial charge in [0.05, 0.1) is 13.2 Å². The third kappa shape index (κ3) is 5.50. The average molecular weight is 342 g/mol. The number of amides is 2. The zero-order valence-electron chi connectivity index (χ0n) is 14.7. The number of carbonyl (C=O) groups excluding carboxylic acids is 1. The van der Waals surface area contributed by atoms with Crippen LogP contribution in [0.1, 0.15) is 36.9 Å². The van der Waals surface area contributed by atoms with Gasteiger partial charge in [0.15, 0.2) is 0 Å². The number of aliphatic hydroxyl groups is 1. The first-order valence-corrected chi connectivity index (χ1v) is 8.54. The van der Waals surface area contributed by atoms with Crippen molar-refractivity contribution in [2.75, 3.05) is 13.7 Å². The average Bonchev–Trinajstić information content (AvgIpc) is 2.66. The van der Waals surface area contributed by atoms with Crippen LogP contribution in [0.25, 0.3) is 0 Å². The van der Waals surface area contributed by atoms with Crippen LogP contribution in [-0.2, 0) is 0 Å². The van der Waals surface area contributed by atoms with E-state index in [1.165, 1.54) is 0 Å². The molecule has 134 valence electrons. The Bertz CT molecular complexity index is 644. The second-order valence-corrected chi connectivity index (χ2v) is 5.85. The minimum atomic E-state index is -0.265. The van der Waals surface area contributed by atoms with Crippen molar-refractivity contribution in [1.82, 2.24) is 10.6 Å². The lowest BCUT2D eigenvalue weighted by Crippen LogP contribution is -2.43. The van der Waals surface area contributed by atoms with Crippen LogP contribution in [0.4, 0.5) is 4.79 Å². The number of aliphatic hydroxyl groups excluding tert-OH is 1. The summed E-state index contributed by atoms with van der Waals surface area (Å²) in [6.45, 7) is 2.04. The van der Waals surface area contributed by atoms with Gasteiger partial charge in [-0.15, -0.1) is 0 Å². The van der Waals surface area contributed by atoms with Crippen LogP contribution in [-0.4, -0.2) is 30.9 Å². The molecule has 2 aromatic carbocycles. The molecule has 2 amide bonds. The molecule has 0 spiro atoms. The van der Waals surface area contributed by atoms with E-state index < -0.39 is 0 Å². The van der Waals surface area contributed by atoms with Gasteiger partial charge in [-0.25, -0.2) is 4.79 Å². The highest BCUT2D eigenvalue weighted by molar-refractivity contribution is 5.75. The number of benzene rings is 2. The van der Waals surface area contributed by atoms with Crippen LogP contribution in [0.3, 0.4) is 0 Å². The lowest BCUT2D eigenvalue weighted by molar-refractivity contribution is 0.226. The molecule has 5 nitrogen and oxygen atoms in total. The summed E-state index contributed by atoms with van der Waals surface area (Å²) in [5, 5.41) is 15.0. The topological polar surface area (TPSA) is 70.6 Å². The van der Waals surface area contributed by atoms with Crippen LogP contribution in [0, 0.1) is 0 Å². The molecule has 2 atom stereocenters. The van der Waals surface area contributed by atoms with E-state index in [-0.39, 0.29) is 24.7 Å². The first-order chi connectivity index (χ1) is 12.2. The van der Waals surface area contributed by atoms with Gasteiger partial charge in [0.1, 0.15) is 5.75 Å². The predicted octanol–water partition coefficient (Wildman–Crippen LogP) is 3.24. The molecule has 2 rings (SSSR count). The van der Waals surface area contributed by atoms with Crippen molar-refractivity contribution in [2.45, 2.75) is 31.8 Å². The summed E-state index contributed by atoms with van der Waals surface area (Å²) in [5.41, 5.74) is 1.97. The summed E-state index contributed by atoms with van der Waals surface area (Å²) in [5.74, 6) is 0.772. The number of methoxy groups -OCH3 is 1. The van der Waals surface area contributed by atoms with Crippen molar-refractivity contribution in [3.05, 3.63) is 65.7 Å². The maximum atomic E-state index is 12.4. The molecule has 0 saturated heterocycles. The van der Waals surface area contributed by atoms with Gasteiger partial charge in [0.2, 0.25) is 0 Å². The highest BCUT2D eigenvalue weighted by atomic mass is 16.5. The first kappa shape index (κ1) is 18.8. The molecule has 25 heavy (non-hydrogen) atoms. The van der Waals surface area contributed by atoms with Crippen LogP contribution in [0.15, 0.2) is 54.6 Å². The van der Waals surface area contributed by atoms with Gasteiger partial charge in [-0.05, 0) is 36.1 Å². The summed E-state index contributed by atoms with van der Waals surface area (Å²) >= 11 is 0. The molecule has 0 aliphatic heterocycles. The second-order valence-electron chi connectivity index (χ2n) is 5.85. The van der Waals surface area contributed by atoms with E-state index in [0.29, 0.717) is 6.42 Å². The van der Waals surface area contributed by atoms with E-state index in [4.69, 9.17) is 9.84 Å². The molecule has 0 aliphatic carbocycles. The van der Waals surface area contributed by atoms with Crippen molar-refractivity contribution < 1.29 is 14.6 Å². The third-order valence-electron chi connectivity index (χ3n) is 4.16. The molecule has 0 aliphatic rings. The van der Waals surface area contributed by atoms with Crippen LogP contribution < -0.4 is 15.4 Å². The van der Waals surface area contributed by atoms with E-state index in [1.807, 2.05) is 61.5 Å². The molecular weight excluding hydrogens is 316 g/mol. The van der Waals surface area contributed by atoms with E-state index in [0.717, 1.165) is 23.3 Å². The molecule has 0 heterocycles. The Morgan fingerprint density at radius 2 is 1.68 bits per heavy atom. The maximum Gasteiger partial charge on any atom is 0.315 e.